The first-order chi connectivity index (χ1) is 16.2. The highest BCUT2D eigenvalue weighted by Gasteiger charge is 2.57. The molecule has 1 aliphatic heterocycles. The zero-order valence-electron chi connectivity index (χ0n) is 20.0. The lowest BCUT2D eigenvalue weighted by Crippen LogP contribution is -2.52. The van der Waals surface area contributed by atoms with E-state index in [2.05, 4.69) is 20.3 Å². The van der Waals surface area contributed by atoms with Crippen molar-refractivity contribution in [1.29, 1.82) is 0 Å². The van der Waals surface area contributed by atoms with Gasteiger partial charge in [-0.15, -0.1) is 0 Å². The number of hydrogen-bond acceptors (Lipinski definition) is 10. The Hall–Kier alpha value is -3.42. The number of azide groups is 1. The highest BCUT2D eigenvalue weighted by atomic mass is 19.1. The summed E-state index contributed by atoms with van der Waals surface area (Å²) in [5.41, 5.74) is 10.4. The molecule has 0 radical (unpaired) electrons. The summed E-state index contributed by atoms with van der Waals surface area (Å²) in [6, 6.07) is 0.0770. The third-order valence-electron chi connectivity index (χ3n) is 5.05. The number of rotatable bonds is 8. The third-order valence-corrected chi connectivity index (χ3v) is 5.05. The van der Waals surface area contributed by atoms with Gasteiger partial charge in [0, 0.05) is 11.1 Å². The van der Waals surface area contributed by atoms with E-state index in [0.717, 1.165) is 10.8 Å². The van der Waals surface area contributed by atoms with Crippen LogP contribution in [-0.2, 0) is 19.0 Å². The lowest BCUT2D eigenvalue weighted by Gasteiger charge is -2.31. The molecule has 1 fully saturated rings. The molecule has 0 bridgehead atoms. The number of anilines is 1. The first kappa shape index (κ1) is 27.8. The van der Waals surface area contributed by atoms with Crippen LogP contribution in [0.3, 0.4) is 0 Å². The van der Waals surface area contributed by atoms with Crippen LogP contribution in [0.1, 0.15) is 40.8 Å². The summed E-state index contributed by atoms with van der Waals surface area (Å²) in [4.78, 5) is 43.2. The minimum atomic E-state index is -2.17. The molecule has 1 aromatic rings. The predicted octanol–water partition coefficient (Wildman–Crippen LogP) is 1.19. The highest BCUT2D eigenvalue weighted by Crippen LogP contribution is 2.39. The average molecular weight is 500 g/mol. The van der Waals surface area contributed by atoms with Crippen LogP contribution in [0.2, 0.25) is 0 Å². The van der Waals surface area contributed by atoms with Gasteiger partial charge in [0.15, 0.2) is 12.4 Å². The molecular formula is C20H30FN7O7. The van der Waals surface area contributed by atoms with Gasteiger partial charge >= 0.3 is 17.8 Å². The minimum absolute atomic E-state index is 0.105. The van der Waals surface area contributed by atoms with Crippen molar-refractivity contribution in [3.05, 3.63) is 33.2 Å². The van der Waals surface area contributed by atoms with Crippen LogP contribution in [0.5, 0.6) is 0 Å². The highest BCUT2D eigenvalue weighted by molar-refractivity contribution is 5.81. The molecule has 0 aliphatic carbocycles. The van der Waals surface area contributed by atoms with Crippen molar-refractivity contribution < 1.29 is 33.3 Å². The van der Waals surface area contributed by atoms with E-state index in [1.165, 1.54) is 6.07 Å². The fourth-order valence-corrected chi connectivity index (χ4v) is 3.31. The summed E-state index contributed by atoms with van der Waals surface area (Å²) in [5, 5.41) is 16.4. The molecule has 0 spiro atoms. The zero-order valence-corrected chi connectivity index (χ0v) is 20.0. The number of hydrogen-bond donors (Lipinski definition) is 3. The maximum Gasteiger partial charge on any atom is 0.408 e. The second kappa shape index (κ2) is 10.9. The van der Waals surface area contributed by atoms with E-state index in [9.17, 15) is 19.5 Å². The summed E-state index contributed by atoms with van der Waals surface area (Å²) >= 11 is 0. The van der Waals surface area contributed by atoms with Crippen molar-refractivity contribution in [2.75, 3.05) is 18.9 Å². The van der Waals surface area contributed by atoms with E-state index in [1.807, 2.05) is 0 Å². The number of nitrogen functional groups attached to an aromatic ring is 1. The molecule has 15 heteroatoms. The van der Waals surface area contributed by atoms with Crippen molar-refractivity contribution in [3.8, 4) is 0 Å². The number of alkyl carbamates (subject to hydrolysis) is 1. The number of carbonyl (C=O) groups is 2. The van der Waals surface area contributed by atoms with Gasteiger partial charge in [0.25, 0.3) is 0 Å². The number of nitrogens with two attached hydrogens (primary N) is 1. The molecule has 1 amide bonds. The van der Waals surface area contributed by atoms with Gasteiger partial charge in [0.2, 0.25) is 0 Å². The molecule has 2 rings (SSSR count). The first-order valence-corrected chi connectivity index (χ1v) is 10.7. The van der Waals surface area contributed by atoms with Gasteiger partial charge < -0.3 is 30.4 Å². The van der Waals surface area contributed by atoms with E-state index in [1.54, 1.807) is 34.6 Å². The van der Waals surface area contributed by atoms with E-state index in [4.69, 9.17) is 25.5 Å². The van der Waals surface area contributed by atoms with Crippen LogP contribution < -0.4 is 16.7 Å². The van der Waals surface area contributed by atoms with Crippen molar-refractivity contribution in [3.63, 3.8) is 0 Å². The number of esters is 1. The molecular weight excluding hydrogens is 469 g/mol. The summed E-state index contributed by atoms with van der Waals surface area (Å²) in [6.07, 6.45) is -5.52. The summed E-state index contributed by atoms with van der Waals surface area (Å²) in [6.45, 7) is 6.87. The Morgan fingerprint density at radius 3 is 2.69 bits per heavy atom. The number of amides is 1. The molecule has 2 heterocycles. The minimum Gasteiger partial charge on any atom is -0.461 e. The Bertz CT molecular complexity index is 1040. The van der Waals surface area contributed by atoms with Gasteiger partial charge in [-0.25, -0.2) is 18.8 Å². The van der Waals surface area contributed by atoms with Crippen LogP contribution in [0, 0.1) is 5.92 Å². The van der Waals surface area contributed by atoms with Gasteiger partial charge in [-0.1, -0.05) is 19.0 Å². The fourth-order valence-electron chi connectivity index (χ4n) is 3.31. The molecule has 0 aromatic carbocycles. The molecule has 14 nitrogen and oxygen atoms in total. The summed E-state index contributed by atoms with van der Waals surface area (Å²) in [5.74, 6) is -1.46. The third kappa shape index (κ3) is 6.81. The lowest BCUT2D eigenvalue weighted by molar-refractivity contribution is -0.167. The maximum absolute atomic E-state index is 15.1. The smallest absolute Gasteiger partial charge is 0.408 e. The van der Waals surface area contributed by atoms with Crippen molar-refractivity contribution in [1.82, 2.24) is 14.9 Å². The number of aromatic nitrogens is 2. The normalized spacial score (nSPS) is 25.0. The van der Waals surface area contributed by atoms with Crippen molar-refractivity contribution >= 4 is 17.9 Å². The number of halogens is 1. The van der Waals surface area contributed by atoms with Gasteiger partial charge in [0.1, 0.15) is 35.8 Å². The molecule has 5 atom stereocenters. The summed E-state index contributed by atoms with van der Waals surface area (Å²) < 4.78 is 31.9. The Morgan fingerprint density at radius 2 is 2.14 bits per heavy atom. The van der Waals surface area contributed by atoms with E-state index in [-0.39, 0.29) is 5.82 Å². The molecule has 1 aliphatic rings. The van der Waals surface area contributed by atoms with Crippen LogP contribution in [0.15, 0.2) is 22.2 Å². The number of alkyl halides is 1. The second-order valence-electron chi connectivity index (χ2n) is 9.37. The molecule has 1 aromatic heterocycles. The molecule has 35 heavy (non-hydrogen) atoms. The number of nitrogens with zero attached hydrogens (tertiary/aromatic N) is 5. The second-order valence-corrected chi connectivity index (χ2v) is 9.37. The number of nitrogens with one attached hydrogen (secondary N) is 1. The number of aliphatic hydroxyl groups excluding tert-OH is 1. The maximum atomic E-state index is 15.1. The van der Waals surface area contributed by atoms with Gasteiger partial charge in [-0.05, 0) is 38.3 Å². The SMILES string of the molecule is CC(C)[C@H](NC(=O)OC(C)(C)C)C(=O)OC[C@@]1(CN=[N+]=[N-])O[C@@H](n2ccc(N)nc2=O)[C@H](F)[C@@H]1O. The Kier molecular flexibility index (Phi) is 8.65. The topological polar surface area (TPSA) is 204 Å². The van der Waals surface area contributed by atoms with Crippen LogP contribution in [0.4, 0.5) is 15.0 Å². The predicted molar refractivity (Wildman–Crippen MR) is 120 cm³/mol. The Labute approximate surface area is 200 Å². The Morgan fingerprint density at radius 1 is 1.49 bits per heavy atom. The molecule has 0 saturated carbocycles. The van der Waals surface area contributed by atoms with Crippen LogP contribution in [0.25, 0.3) is 10.4 Å². The average Bonchev–Trinajstić information content (AvgIpc) is 2.98. The van der Waals surface area contributed by atoms with Crippen LogP contribution >= 0.6 is 0 Å². The zero-order chi connectivity index (χ0) is 26.6. The van der Waals surface area contributed by atoms with Gasteiger partial charge in [-0.3, -0.25) is 4.57 Å². The van der Waals surface area contributed by atoms with E-state index in [0.29, 0.717) is 0 Å². The van der Waals surface area contributed by atoms with E-state index < -0.39 is 72.6 Å². The molecule has 194 valence electrons. The van der Waals surface area contributed by atoms with E-state index >= 15 is 4.39 Å². The Balaban J connectivity index is 2.25. The monoisotopic (exact) mass is 499 g/mol. The van der Waals surface area contributed by atoms with Crippen molar-refractivity contribution in [2.45, 2.75) is 70.4 Å². The molecule has 0 unspecified atom stereocenters. The van der Waals surface area contributed by atoms with Crippen molar-refractivity contribution in [2.24, 2.45) is 11.0 Å². The quantitative estimate of drug-likeness (QED) is 0.203. The van der Waals surface area contributed by atoms with Gasteiger partial charge in [-0.2, -0.15) is 4.98 Å². The first-order valence-electron chi connectivity index (χ1n) is 10.7. The standard InChI is InChI=1S/C20H30FN7O7/c1-10(2)13(26-18(32)35-19(3,4)5)16(30)33-9-20(8-24-27-23)14(29)12(21)15(34-20)28-7-6-11(22)25-17(28)31/h6-7,10,12-15,29H,8-9H2,1-5H3,(H,26,32)(H2,22,25,31)/t12-,13+,14+,15-,20-/m1/s1. The molecule has 4 N–H and O–H groups in total. The lowest BCUT2D eigenvalue weighted by atomic mass is 9.96. The number of carbonyl (C=O) groups excluding carboxylic acids is 2. The fraction of sp³-hybridized carbons (Fsp3) is 0.700. The molecule has 1 saturated heterocycles. The van der Waals surface area contributed by atoms with Gasteiger partial charge in [0.05, 0.1) is 6.54 Å². The largest absolute Gasteiger partial charge is 0.461 e. The van der Waals surface area contributed by atoms with Crippen LogP contribution in [-0.4, -0.2) is 69.4 Å². The summed E-state index contributed by atoms with van der Waals surface area (Å²) in [7, 11) is 0. The number of aliphatic hydroxyl groups is 1. The number of ether oxygens (including phenoxy) is 3.